The number of nitrogens with one attached hydrogen (secondary N) is 3. The molecule has 10 heteroatoms. The predicted octanol–water partition coefficient (Wildman–Crippen LogP) is 3.49. The zero-order chi connectivity index (χ0) is 24.0. The molecule has 0 bridgehead atoms. The molecule has 0 aromatic heterocycles. The summed E-state index contributed by atoms with van der Waals surface area (Å²) >= 11 is 0. The van der Waals surface area contributed by atoms with Crippen LogP contribution in [0.1, 0.15) is 27.6 Å². The van der Waals surface area contributed by atoms with Gasteiger partial charge in [-0.15, -0.1) is 0 Å². The van der Waals surface area contributed by atoms with Crippen LogP contribution in [0.15, 0.2) is 72.8 Å². The van der Waals surface area contributed by atoms with Crippen LogP contribution in [0.5, 0.6) is 5.75 Å². The quantitative estimate of drug-likeness (QED) is 0.360. The lowest BCUT2D eigenvalue weighted by Crippen LogP contribution is -2.14. The maximum atomic E-state index is 12.6. The fourth-order valence-corrected chi connectivity index (χ4v) is 3.42. The van der Waals surface area contributed by atoms with Gasteiger partial charge in [-0.3, -0.25) is 19.1 Å². The number of ether oxygens (including phenoxy) is 1. The first-order chi connectivity index (χ1) is 15.6. The molecule has 0 heterocycles. The van der Waals surface area contributed by atoms with E-state index in [1.165, 1.54) is 37.3 Å². The Morgan fingerprint density at radius 3 is 1.88 bits per heavy atom. The molecule has 3 aromatic rings. The highest BCUT2D eigenvalue weighted by molar-refractivity contribution is 7.92. The average molecular weight is 468 g/mol. The number of hydrogen-bond acceptors (Lipinski definition) is 6. The average Bonchev–Trinajstić information content (AvgIpc) is 2.73. The summed E-state index contributed by atoms with van der Waals surface area (Å²) in [7, 11) is -3.41. The minimum atomic E-state index is -3.41. The van der Waals surface area contributed by atoms with E-state index in [1.807, 2.05) is 0 Å². The van der Waals surface area contributed by atoms with Gasteiger partial charge in [-0.2, -0.15) is 0 Å². The molecule has 0 spiro atoms. The van der Waals surface area contributed by atoms with Crippen molar-refractivity contribution in [3.63, 3.8) is 0 Å². The highest BCUT2D eigenvalue weighted by atomic mass is 32.2. The second-order valence-corrected chi connectivity index (χ2v) is 8.81. The lowest BCUT2D eigenvalue weighted by molar-refractivity contribution is -0.131. The van der Waals surface area contributed by atoms with Gasteiger partial charge in [0, 0.05) is 35.1 Å². The Balaban J connectivity index is 1.66. The SMILES string of the molecule is CC(=O)Oc1cccc(C(=O)Nc2cccc(NC(=O)c3ccc(NS(C)(=O)=O)cc3)c2)c1. The van der Waals surface area contributed by atoms with Gasteiger partial charge in [-0.1, -0.05) is 12.1 Å². The van der Waals surface area contributed by atoms with Crippen LogP contribution in [0.4, 0.5) is 17.1 Å². The number of rotatable bonds is 7. The number of hydrogen-bond donors (Lipinski definition) is 3. The van der Waals surface area contributed by atoms with Gasteiger partial charge in [0.25, 0.3) is 11.8 Å². The standard InChI is InChI=1S/C23H21N3O6S/c1-15(27)32-21-8-3-5-17(13-21)23(29)25-20-7-4-6-19(14-20)24-22(28)16-9-11-18(12-10-16)26-33(2,30)31/h3-14,26H,1-2H3,(H,24,28)(H,25,29). The van der Waals surface area contributed by atoms with Crippen molar-refractivity contribution in [3.8, 4) is 5.75 Å². The summed E-state index contributed by atoms with van der Waals surface area (Å²) in [6.45, 7) is 1.27. The maximum Gasteiger partial charge on any atom is 0.308 e. The summed E-state index contributed by atoms with van der Waals surface area (Å²) in [5.41, 5.74) is 1.86. The second-order valence-electron chi connectivity index (χ2n) is 7.06. The highest BCUT2D eigenvalue weighted by Crippen LogP contribution is 2.19. The first-order valence-electron chi connectivity index (χ1n) is 9.68. The van der Waals surface area contributed by atoms with Gasteiger partial charge in [0.05, 0.1) is 6.26 Å². The summed E-state index contributed by atoms with van der Waals surface area (Å²) in [6.07, 6.45) is 1.04. The van der Waals surface area contributed by atoms with Crippen molar-refractivity contribution in [1.29, 1.82) is 0 Å². The van der Waals surface area contributed by atoms with E-state index in [2.05, 4.69) is 15.4 Å². The van der Waals surface area contributed by atoms with Crippen molar-refractivity contribution < 1.29 is 27.5 Å². The van der Waals surface area contributed by atoms with Crippen molar-refractivity contribution in [3.05, 3.63) is 83.9 Å². The number of carbonyl (C=O) groups excluding carboxylic acids is 3. The largest absolute Gasteiger partial charge is 0.427 e. The third-order valence-corrected chi connectivity index (χ3v) is 4.79. The van der Waals surface area contributed by atoms with Gasteiger partial charge in [0.2, 0.25) is 10.0 Å². The van der Waals surface area contributed by atoms with Crippen LogP contribution in [-0.4, -0.2) is 32.5 Å². The Kier molecular flexibility index (Phi) is 7.09. The molecule has 0 unspecified atom stereocenters. The third kappa shape index (κ3) is 7.18. The zero-order valence-corrected chi connectivity index (χ0v) is 18.6. The van der Waals surface area contributed by atoms with E-state index in [4.69, 9.17) is 4.74 Å². The molecule has 0 aliphatic carbocycles. The lowest BCUT2D eigenvalue weighted by atomic mass is 10.1. The number of carbonyl (C=O) groups is 3. The minimum Gasteiger partial charge on any atom is -0.427 e. The normalized spacial score (nSPS) is 10.7. The van der Waals surface area contributed by atoms with Crippen molar-refractivity contribution in [1.82, 2.24) is 0 Å². The van der Waals surface area contributed by atoms with E-state index < -0.39 is 27.8 Å². The van der Waals surface area contributed by atoms with E-state index in [1.54, 1.807) is 42.5 Å². The van der Waals surface area contributed by atoms with Crippen LogP contribution in [0, 0.1) is 0 Å². The van der Waals surface area contributed by atoms with Crippen molar-refractivity contribution in [2.75, 3.05) is 21.6 Å². The summed E-state index contributed by atoms with van der Waals surface area (Å²) < 4.78 is 29.9. The molecule has 0 fully saturated rings. The van der Waals surface area contributed by atoms with E-state index in [0.717, 1.165) is 6.26 Å². The van der Waals surface area contributed by atoms with Gasteiger partial charge < -0.3 is 15.4 Å². The number of anilines is 3. The molecule has 0 aliphatic heterocycles. The van der Waals surface area contributed by atoms with Crippen LogP contribution < -0.4 is 20.1 Å². The summed E-state index contributed by atoms with van der Waals surface area (Å²) in [5, 5.41) is 5.45. The smallest absolute Gasteiger partial charge is 0.308 e. The van der Waals surface area contributed by atoms with Gasteiger partial charge in [0.1, 0.15) is 5.75 Å². The maximum absolute atomic E-state index is 12.6. The first-order valence-corrected chi connectivity index (χ1v) is 11.6. The molecule has 170 valence electrons. The topological polar surface area (TPSA) is 131 Å². The Morgan fingerprint density at radius 2 is 1.30 bits per heavy atom. The Morgan fingerprint density at radius 1 is 0.727 bits per heavy atom. The summed E-state index contributed by atoms with van der Waals surface area (Å²) in [4.78, 5) is 36.2. The molecular weight excluding hydrogens is 446 g/mol. The molecule has 0 aliphatic rings. The molecule has 0 saturated heterocycles. The van der Waals surface area contributed by atoms with Crippen LogP contribution in [0.2, 0.25) is 0 Å². The van der Waals surface area contributed by atoms with Crippen LogP contribution in [0.3, 0.4) is 0 Å². The van der Waals surface area contributed by atoms with Crippen LogP contribution in [0.25, 0.3) is 0 Å². The van der Waals surface area contributed by atoms with Crippen LogP contribution in [-0.2, 0) is 14.8 Å². The molecule has 0 radical (unpaired) electrons. The van der Waals surface area contributed by atoms with Gasteiger partial charge >= 0.3 is 5.97 Å². The molecule has 3 aromatic carbocycles. The van der Waals surface area contributed by atoms with Crippen molar-refractivity contribution >= 4 is 44.9 Å². The first kappa shape index (κ1) is 23.5. The number of esters is 1. The second kappa shape index (κ2) is 9.96. The molecule has 3 N–H and O–H groups in total. The lowest BCUT2D eigenvalue weighted by Gasteiger charge is -2.10. The Bertz CT molecular complexity index is 1300. The number of amides is 2. The van der Waals surface area contributed by atoms with Crippen molar-refractivity contribution in [2.24, 2.45) is 0 Å². The van der Waals surface area contributed by atoms with Gasteiger partial charge in [-0.05, 0) is 60.7 Å². The van der Waals surface area contributed by atoms with Crippen LogP contribution >= 0.6 is 0 Å². The molecule has 0 saturated carbocycles. The number of sulfonamides is 1. The molecule has 33 heavy (non-hydrogen) atoms. The number of benzene rings is 3. The summed E-state index contributed by atoms with van der Waals surface area (Å²) in [5.74, 6) is -1.05. The monoisotopic (exact) mass is 467 g/mol. The molecule has 2 amide bonds. The van der Waals surface area contributed by atoms with E-state index in [-0.39, 0.29) is 5.75 Å². The van der Waals surface area contributed by atoms with E-state index >= 15 is 0 Å². The van der Waals surface area contributed by atoms with E-state index in [0.29, 0.717) is 28.2 Å². The molecule has 9 nitrogen and oxygen atoms in total. The Hall–Kier alpha value is -4.18. The third-order valence-electron chi connectivity index (χ3n) is 4.19. The molecule has 3 rings (SSSR count). The molecular formula is C23H21N3O6S. The Labute approximate surface area is 190 Å². The summed E-state index contributed by atoms with van der Waals surface area (Å²) in [6, 6.07) is 18.7. The van der Waals surface area contributed by atoms with Gasteiger partial charge in [0.15, 0.2) is 0 Å². The fourth-order valence-electron chi connectivity index (χ4n) is 2.85. The minimum absolute atomic E-state index is 0.258. The zero-order valence-electron chi connectivity index (χ0n) is 17.8. The highest BCUT2D eigenvalue weighted by Gasteiger charge is 2.11. The molecule has 0 atom stereocenters. The van der Waals surface area contributed by atoms with E-state index in [9.17, 15) is 22.8 Å². The predicted molar refractivity (Wildman–Crippen MR) is 125 cm³/mol. The fraction of sp³-hybridized carbons (Fsp3) is 0.0870. The van der Waals surface area contributed by atoms with Gasteiger partial charge in [-0.25, -0.2) is 8.42 Å². The van der Waals surface area contributed by atoms with Crippen molar-refractivity contribution in [2.45, 2.75) is 6.92 Å².